The highest BCUT2D eigenvalue weighted by Crippen LogP contribution is 2.14. The van der Waals surface area contributed by atoms with Crippen LogP contribution in [0.4, 0.5) is 5.69 Å². The van der Waals surface area contributed by atoms with E-state index in [0.29, 0.717) is 6.54 Å². The highest BCUT2D eigenvalue weighted by Gasteiger charge is 2.25. The van der Waals surface area contributed by atoms with Crippen LogP contribution in [0.2, 0.25) is 0 Å². The Morgan fingerprint density at radius 3 is 2.90 bits per heavy atom. The smallest absolute Gasteiger partial charge is 0.260 e. The molecular formula is C12H21N5O2S. The van der Waals surface area contributed by atoms with E-state index in [9.17, 15) is 8.42 Å². The van der Waals surface area contributed by atoms with Crippen molar-refractivity contribution in [2.24, 2.45) is 0 Å². The molecule has 3 N–H and O–H groups in total. The molecule has 20 heavy (non-hydrogen) atoms. The van der Waals surface area contributed by atoms with Crippen molar-refractivity contribution in [1.29, 1.82) is 0 Å². The standard InChI is InChI=1S/C12H21N5O2S/c1-16-6-7-17(2)10(9-16)8-15-20(18,19)12-11(13)4-3-5-14-12/h3-5,10,15H,6-9,13H2,1-2H3. The van der Waals surface area contributed by atoms with Crippen molar-refractivity contribution in [3.05, 3.63) is 18.3 Å². The molecule has 1 unspecified atom stereocenters. The van der Waals surface area contributed by atoms with Gasteiger partial charge in [0.25, 0.3) is 10.0 Å². The number of nitrogens with two attached hydrogens (primary N) is 1. The number of hydrogen-bond acceptors (Lipinski definition) is 6. The highest BCUT2D eigenvalue weighted by molar-refractivity contribution is 7.89. The molecule has 0 bridgehead atoms. The number of piperazine rings is 1. The number of nitrogen functional groups attached to an aromatic ring is 1. The lowest BCUT2D eigenvalue weighted by Gasteiger charge is -2.37. The van der Waals surface area contributed by atoms with Gasteiger partial charge >= 0.3 is 0 Å². The SMILES string of the molecule is CN1CCN(C)C(CNS(=O)(=O)c2ncccc2N)C1. The normalized spacial score (nSPS) is 22.0. The summed E-state index contributed by atoms with van der Waals surface area (Å²) in [7, 11) is 0.372. The molecule has 7 nitrogen and oxygen atoms in total. The molecule has 0 aromatic carbocycles. The van der Waals surface area contributed by atoms with Crippen LogP contribution in [0.25, 0.3) is 0 Å². The number of rotatable bonds is 4. The fourth-order valence-corrected chi connectivity index (χ4v) is 3.35. The summed E-state index contributed by atoms with van der Waals surface area (Å²) in [6, 6.07) is 3.29. The van der Waals surface area contributed by atoms with E-state index in [-0.39, 0.29) is 16.8 Å². The van der Waals surface area contributed by atoms with Crippen LogP contribution in [-0.4, -0.2) is 69.5 Å². The lowest BCUT2D eigenvalue weighted by Crippen LogP contribution is -2.54. The average Bonchev–Trinajstić information content (AvgIpc) is 2.40. The lowest BCUT2D eigenvalue weighted by atomic mass is 10.2. The Morgan fingerprint density at radius 1 is 1.45 bits per heavy atom. The molecule has 1 atom stereocenters. The molecule has 2 rings (SSSR count). The van der Waals surface area contributed by atoms with Gasteiger partial charge in [-0.25, -0.2) is 18.1 Å². The average molecular weight is 299 g/mol. The zero-order chi connectivity index (χ0) is 14.8. The number of hydrogen-bond donors (Lipinski definition) is 2. The predicted octanol–water partition coefficient (Wildman–Crippen LogP) is -0.812. The number of pyridine rings is 1. The number of nitrogens with one attached hydrogen (secondary N) is 1. The van der Waals surface area contributed by atoms with Gasteiger partial charge in [-0.2, -0.15) is 0 Å². The van der Waals surface area contributed by atoms with Crippen molar-refractivity contribution in [3.63, 3.8) is 0 Å². The maximum Gasteiger partial charge on any atom is 0.260 e. The van der Waals surface area contributed by atoms with Crippen LogP contribution in [-0.2, 0) is 10.0 Å². The Kier molecular flexibility index (Phi) is 4.59. The second-order valence-electron chi connectivity index (χ2n) is 5.15. The first-order valence-corrected chi connectivity index (χ1v) is 7.97. The van der Waals surface area contributed by atoms with Crippen molar-refractivity contribution in [1.82, 2.24) is 19.5 Å². The van der Waals surface area contributed by atoms with Crippen molar-refractivity contribution in [2.75, 3.05) is 46.0 Å². The summed E-state index contributed by atoms with van der Waals surface area (Å²) in [6.07, 6.45) is 1.42. The number of anilines is 1. The minimum absolute atomic E-state index is 0.105. The molecule has 8 heteroatoms. The van der Waals surface area contributed by atoms with Gasteiger partial charge in [0.2, 0.25) is 0 Å². The fraction of sp³-hybridized carbons (Fsp3) is 0.583. The summed E-state index contributed by atoms with van der Waals surface area (Å²) in [6.45, 7) is 3.09. The van der Waals surface area contributed by atoms with Crippen LogP contribution in [0, 0.1) is 0 Å². The zero-order valence-electron chi connectivity index (χ0n) is 11.8. The Morgan fingerprint density at radius 2 is 2.20 bits per heavy atom. The lowest BCUT2D eigenvalue weighted by molar-refractivity contribution is 0.117. The van der Waals surface area contributed by atoms with Crippen molar-refractivity contribution >= 4 is 15.7 Å². The zero-order valence-corrected chi connectivity index (χ0v) is 12.6. The highest BCUT2D eigenvalue weighted by atomic mass is 32.2. The largest absolute Gasteiger partial charge is 0.396 e. The third kappa shape index (κ3) is 3.45. The van der Waals surface area contributed by atoms with E-state index in [1.54, 1.807) is 6.07 Å². The summed E-state index contributed by atoms with van der Waals surface area (Å²) in [4.78, 5) is 8.19. The predicted molar refractivity (Wildman–Crippen MR) is 77.8 cm³/mol. The maximum atomic E-state index is 12.2. The molecule has 0 aliphatic carbocycles. The van der Waals surface area contributed by atoms with Crippen molar-refractivity contribution in [3.8, 4) is 0 Å². The molecule has 1 saturated heterocycles. The van der Waals surface area contributed by atoms with E-state index in [2.05, 4.69) is 19.5 Å². The van der Waals surface area contributed by atoms with Crippen LogP contribution in [0.3, 0.4) is 0 Å². The summed E-state index contributed by atoms with van der Waals surface area (Å²) >= 11 is 0. The molecular weight excluding hydrogens is 278 g/mol. The van der Waals surface area contributed by atoms with Crippen LogP contribution in [0.15, 0.2) is 23.4 Å². The van der Waals surface area contributed by atoms with Crippen molar-refractivity contribution in [2.45, 2.75) is 11.1 Å². The fourth-order valence-electron chi connectivity index (χ4n) is 2.22. The minimum Gasteiger partial charge on any atom is -0.396 e. The van der Waals surface area contributed by atoms with Crippen LogP contribution in [0.1, 0.15) is 0 Å². The third-order valence-corrected chi connectivity index (χ3v) is 4.94. The van der Waals surface area contributed by atoms with Gasteiger partial charge in [-0.15, -0.1) is 0 Å². The molecule has 1 aromatic heterocycles. The number of likely N-dealkylation sites (N-methyl/N-ethyl adjacent to an activating group) is 2. The number of sulfonamides is 1. The van der Waals surface area contributed by atoms with Crippen LogP contribution < -0.4 is 10.5 Å². The summed E-state index contributed by atoms with van der Waals surface area (Å²) in [5.41, 5.74) is 5.83. The van der Waals surface area contributed by atoms with Gasteiger partial charge in [0, 0.05) is 38.4 Å². The maximum absolute atomic E-state index is 12.2. The minimum atomic E-state index is -3.66. The topological polar surface area (TPSA) is 91.6 Å². The van der Waals surface area contributed by atoms with E-state index in [1.165, 1.54) is 12.3 Å². The summed E-state index contributed by atoms with van der Waals surface area (Å²) < 4.78 is 27.0. The van der Waals surface area contributed by atoms with Crippen LogP contribution >= 0.6 is 0 Å². The Bertz CT molecular complexity index is 563. The molecule has 1 fully saturated rings. The molecule has 0 amide bonds. The van der Waals surface area contributed by atoms with Gasteiger partial charge in [-0.05, 0) is 26.2 Å². The molecule has 2 heterocycles. The molecule has 1 aliphatic heterocycles. The Hall–Kier alpha value is -1.22. The van der Waals surface area contributed by atoms with Crippen molar-refractivity contribution < 1.29 is 8.42 Å². The molecule has 0 spiro atoms. The molecule has 0 radical (unpaired) electrons. The van der Waals surface area contributed by atoms with Crippen LogP contribution in [0.5, 0.6) is 0 Å². The second kappa shape index (κ2) is 6.04. The Balaban J connectivity index is 2.04. The van der Waals surface area contributed by atoms with E-state index < -0.39 is 10.0 Å². The molecule has 112 valence electrons. The number of nitrogens with zero attached hydrogens (tertiary/aromatic N) is 3. The quantitative estimate of drug-likeness (QED) is 0.755. The van der Waals surface area contributed by atoms with Gasteiger partial charge in [0.05, 0.1) is 5.69 Å². The first-order valence-electron chi connectivity index (χ1n) is 6.49. The van der Waals surface area contributed by atoms with Gasteiger partial charge < -0.3 is 10.6 Å². The van der Waals surface area contributed by atoms with E-state index >= 15 is 0 Å². The number of aromatic nitrogens is 1. The first-order chi connectivity index (χ1) is 9.40. The monoisotopic (exact) mass is 299 g/mol. The van der Waals surface area contributed by atoms with E-state index in [4.69, 9.17) is 5.73 Å². The first kappa shape index (κ1) is 15.2. The van der Waals surface area contributed by atoms with E-state index in [0.717, 1.165) is 19.6 Å². The molecule has 0 saturated carbocycles. The molecule has 1 aliphatic rings. The van der Waals surface area contributed by atoms with E-state index in [1.807, 2.05) is 14.1 Å². The van der Waals surface area contributed by atoms with Gasteiger partial charge in [0.1, 0.15) is 0 Å². The third-order valence-electron chi connectivity index (χ3n) is 3.54. The summed E-state index contributed by atoms with van der Waals surface area (Å²) in [5, 5.41) is -0.105. The van der Waals surface area contributed by atoms with Gasteiger partial charge in [0.15, 0.2) is 5.03 Å². The molecule has 1 aromatic rings. The Labute approximate surface area is 119 Å². The van der Waals surface area contributed by atoms with Gasteiger partial charge in [-0.3, -0.25) is 4.90 Å². The summed E-state index contributed by atoms with van der Waals surface area (Å²) in [5.74, 6) is 0. The second-order valence-corrected chi connectivity index (χ2v) is 6.83. The van der Waals surface area contributed by atoms with Gasteiger partial charge in [-0.1, -0.05) is 0 Å².